The largest absolute Gasteiger partial charge is 0.472 e. The molecule has 1 amide bonds. The molecule has 3 atom stereocenters. The van der Waals surface area contributed by atoms with Crippen LogP contribution in [0.2, 0.25) is 0 Å². The van der Waals surface area contributed by atoms with Crippen molar-refractivity contribution in [3.63, 3.8) is 0 Å². The number of carbonyl (C=O) groups excluding carboxylic acids is 1. The molecular weight excluding hydrogens is 414 g/mol. The van der Waals surface area contributed by atoms with Gasteiger partial charge >= 0.3 is 0 Å². The van der Waals surface area contributed by atoms with Crippen molar-refractivity contribution in [1.29, 1.82) is 0 Å². The average Bonchev–Trinajstić information content (AvgIpc) is 3.36. The van der Waals surface area contributed by atoms with Crippen molar-refractivity contribution < 1.29 is 14.6 Å². The van der Waals surface area contributed by atoms with Crippen LogP contribution in [0.15, 0.2) is 48.7 Å². The van der Waals surface area contributed by atoms with Gasteiger partial charge in [0.2, 0.25) is 5.88 Å². The van der Waals surface area contributed by atoms with Gasteiger partial charge in [-0.25, -0.2) is 4.98 Å². The average molecular weight is 450 g/mol. The van der Waals surface area contributed by atoms with Gasteiger partial charge < -0.3 is 14.7 Å². The molecular formula is C27H35N3O3. The van der Waals surface area contributed by atoms with E-state index < -0.39 is 0 Å². The lowest BCUT2D eigenvalue weighted by Crippen LogP contribution is -2.49. The molecule has 0 bridgehead atoms. The third-order valence-electron chi connectivity index (χ3n) is 6.72. The Morgan fingerprint density at radius 3 is 2.79 bits per heavy atom. The van der Waals surface area contributed by atoms with E-state index in [1.807, 2.05) is 25.3 Å². The molecule has 176 valence electrons. The summed E-state index contributed by atoms with van der Waals surface area (Å²) in [5.41, 5.74) is 3.97. The van der Waals surface area contributed by atoms with Gasteiger partial charge in [-0.15, -0.1) is 0 Å². The molecule has 2 aliphatic rings. The number of nitrogens with zero attached hydrogens (tertiary/aromatic N) is 3. The minimum absolute atomic E-state index is 0.0772. The molecule has 1 N–H and O–H groups in total. The van der Waals surface area contributed by atoms with Crippen molar-refractivity contribution in [2.45, 2.75) is 51.8 Å². The van der Waals surface area contributed by atoms with Crippen molar-refractivity contribution in [2.24, 2.45) is 5.92 Å². The van der Waals surface area contributed by atoms with Gasteiger partial charge in [-0.05, 0) is 56.0 Å². The summed E-state index contributed by atoms with van der Waals surface area (Å²) in [4.78, 5) is 22.2. The maximum Gasteiger partial charge on any atom is 0.259 e. The number of hydrogen-bond acceptors (Lipinski definition) is 5. The predicted octanol–water partition coefficient (Wildman–Crippen LogP) is 4.00. The molecule has 0 saturated carbocycles. The second-order valence-electron chi connectivity index (χ2n) is 9.50. The lowest BCUT2D eigenvalue weighted by molar-refractivity contribution is 0.0325. The van der Waals surface area contributed by atoms with E-state index in [9.17, 15) is 9.90 Å². The van der Waals surface area contributed by atoms with Gasteiger partial charge in [0.05, 0.1) is 12.6 Å². The number of likely N-dealkylation sites (N-methyl/N-ethyl adjacent to an activating group) is 1. The molecule has 2 heterocycles. The number of amides is 1. The summed E-state index contributed by atoms with van der Waals surface area (Å²) in [5, 5.41) is 9.85. The van der Waals surface area contributed by atoms with Gasteiger partial charge in [0.15, 0.2) is 0 Å². The Balaban J connectivity index is 1.62. The van der Waals surface area contributed by atoms with Crippen LogP contribution in [0.3, 0.4) is 0 Å². The number of aliphatic hydroxyl groups excluding tert-OH is 1. The van der Waals surface area contributed by atoms with Gasteiger partial charge in [-0.2, -0.15) is 0 Å². The molecule has 2 aromatic rings. The van der Waals surface area contributed by atoms with Crippen LogP contribution in [-0.2, 0) is 6.54 Å². The first-order valence-electron chi connectivity index (χ1n) is 12.0. The summed E-state index contributed by atoms with van der Waals surface area (Å²) in [6, 6.07) is 12.0. The van der Waals surface area contributed by atoms with Crippen LogP contribution in [0.1, 0.15) is 54.6 Å². The number of hydrogen-bond donors (Lipinski definition) is 1. The van der Waals surface area contributed by atoms with E-state index in [-0.39, 0.29) is 30.6 Å². The van der Waals surface area contributed by atoms with Gasteiger partial charge in [0.25, 0.3) is 5.91 Å². The zero-order valence-electron chi connectivity index (χ0n) is 19.9. The summed E-state index contributed by atoms with van der Waals surface area (Å²) >= 11 is 0. The van der Waals surface area contributed by atoms with Gasteiger partial charge in [-0.1, -0.05) is 43.3 Å². The number of fused-ring (bicyclic) bond motifs is 1. The Kier molecular flexibility index (Phi) is 7.46. The van der Waals surface area contributed by atoms with Crippen molar-refractivity contribution in [3.05, 3.63) is 65.4 Å². The standard InChI is InChI=1S/C27H35N3O3/c1-19-15-30(20(2)18-31)27(32)24-13-23(22-11-7-8-12-22)14-28-26(24)33-25(19)17-29(3)16-21-9-5-4-6-10-21/h4-6,9-11,13-14,19-20,25,31H,7-8,12,15-18H2,1-3H3/t19-,20-,25+/m0/s1. The van der Waals surface area contributed by atoms with Crippen molar-refractivity contribution in [2.75, 3.05) is 26.7 Å². The highest BCUT2D eigenvalue weighted by molar-refractivity contribution is 5.97. The minimum Gasteiger partial charge on any atom is -0.472 e. The topological polar surface area (TPSA) is 65.9 Å². The second kappa shape index (κ2) is 10.5. The molecule has 0 radical (unpaired) electrons. The van der Waals surface area contributed by atoms with Crippen LogP contribution in [0.5, 0.6) is 5.88 Å². The quantitative estimate of drug-likeness (QED) is 0.692. The molecule has 1 aliphatic heterocycles. The Morgan fingerprint density at radius 1 is 1.30 bits per heavy atom. The van der Waals surface area contributed by atoms with E-state index in [0.717, 1.165) is 31.4 Å². The lowest BCUT2D eigenvalue weighted by atomic mass is 9.99. The zero-order valence-corrected chi connectivity index (χ0v) is 19.9. The third kappa shape index (κ3) is 5.45. The van der Waals surface area contributed by atoms with E-state index in [1.54, 1.807) is 4.90 Å². The number of allylic oxidation sites excluding steroid dienone is 2. The predicted molar refractivity (Wildman–Crippen MR) is 130 cm³/mol. The Bertz CT molecular complexity index is 991. The van der Waals surface area contributed by atoms with Crippen LogP contribution in [0, 0.1) is 5.92 Å². The molecule has 0 saturated heterocycles. The fourth-order valence-electron chi connectivity index (χ4n) is 4.70. The minimum atomic E-state index is -0.275. The number of benzene rings is 1. The molecule has 0 unspecified atom stereocenters. The van der Waals surface area contributed by atoms with Crippen molar-refractivity contribution in [1.82, 2.24) is 14.8 Å². The monoisotopic (exact) mass is 449 g/mol. The van der Waals surface area contributed by atoms with Crippen molar-refractivity contribution >= 4 is 11.5 Å². The summed E-state index contributed by atoms with van der Waals surface area (Å²) in [6.07, 6.45) is 7.14. The lowest BCUT2D eigenvalue weighted by Gasteiger charge is -2.37. The zero-order chi connectivity index (χ0) is 23.4. The molecule has 0 spiro atoms. The number of aliphatic hydroxyl groups is 1. The summed E-state index contributed by atoms with van der Waals surface area (Å²) in [6.45, 7) is 5.96. The molecule has 1 aromatic heterocycles. The van der Waals surface area contributed by atoms with Gasteiger partial charge in [0, 0.05) is 31.7 Å². The number of carbonyl (C=O) groups is 1. The first-order chi connectivity index (χ1) is 16.0. The molecule has 0 fully saturated rings. The molecule has 6 heteroatoms. The smallest absolute Gasteiger partial charge is 0.259 e. The summed E-state index contributed by atoms with van der Waals surface area (Å²) in [5.74, 6) is 0.345. The normalized spacial score (nSPS) is 21.8. The van der Waals surface area contributed by atoms with Gasteiger partial charge in [-0.3, -0.25) is 9.69 Å². The first-order valence-corrected chi connectivity index (χ1v) is 12.0. The number of ether oxygens (including phenoxy) is 1. The Labute approximate surface area is 196 Å². The van der Waals surface area contributed by atoms with Crippen molar-refractivity contribution in [3.8, 4) is 5.88 Å². The Morgan fingerprint density at radius 2 is 2.09 bits per heavy atom. The number of pyridine rings is 1. The molecule has 6 nitrogen and oxygen atoms in total. The van der Waals surface area contributed by atoms with Crippen LogP contribution in [0.25, 0.3) is 5.57 Å². The van der Waals surface area contributed by atoms with E-state index in [1.165, 1.54) is 11.1 Å². The molecule has 33 heavy (non-hydrogen) atoms. The van der Waals surface area contributed by atoms with Crippen LogP contribution in [0.4, 0.5) is 0 Å². The maximum absolute atomic E-state index is 13.5. The first kappa shape index (κ1) is 23.5. The highest BCUT2D eigenvalue weighted by Crippen LogP contribution is 2.32. The maximum atomic E-state index is 13.5. The Hall–Kier alpha value is -2.70. The summed E-state index contributed by atoms with van der Waals surface area (Å²) in [7, 11) is 2.09. The van der Waals surface area contributed by atoms with Crippen LogP contribution in [-0.4, -0.2) is 64.7 Å². The van der Waals surface area contributed by atoms with E-state index in [4.69, 9.17) is 4.74 Å². The van der Waals surface area contributed by atoms with Gasteiger partial charge in [0.1, 0.15) is 11.7 Å². The number of rotatable bonds is 7. The second-order valence-corrected chi connectivity index (χ2v) is 9.50. The number of aromatic nitrogens is 1. The highest BCUT2D eigenvalue weighted by Gasteiger charge is 2.34. The van der Waals surface area contributed by atoms with E-state index in [2.05, 4.69) is 54.2 Å². The highest BCUT2D eigenvalue weighted by atomic mass is 16.5. The van der Waals surface area contributed by atoms with E-state index >= 15 is 0 Å². The SMILES string of the molecule is C[C@H]1CN([C@@H](C)CO)C(=O)c2cc(C3=CCCC3)cnc2O[C@@H]1CN(C)Cc1ccccc1. The van der Waals surface area contributed by atoms with Crippen LogP contribution < -0.4 is 4.74 Å². The van der Waals surface area contributed by atoms with E-state index in [0.29, 0.717) is 24.5 Å². The fourth-order valence-corrected chi connectivity index (χ4v) is 4.70. The molecule has 1 aliphatic carbocycles. The fraction of sp³-hybridized carbons (Fsp3) is 0.481. The summed E-state index contributed by atoms with van der Waals surface area (Å²) < 4.78 is 6.43. The molecule has 1 aromatic carbocycles. The molecule has 4 rings (SSSR count). The van der Waals surface area contributed by atoms with Crippen LogP contribution >= 0.6 is 0 Å². The third-order valence-corrected chi connectivity index (χ3v) is 6.72.